The number of carbonyl (C=O) groups excluding carboxylic acids is 3. The second-order valence-corrected chi connectivity index (χ2v) is 7.56. The summed E-state index contributed by atoms with van der Waals surface area (Å²) in [5.74, 6) is -4.10. The standard InChI is InChI=1S/C19H32N6O7/c1-4-9(2)15(18(30)24-13(7-26)19(31)32)25-16(28)12(5-11-6-21-8-22-11)23-17(29)14(20)10(3)27/h6,8-10,12-15,26-27H,4-5,7,20H2,1-3H3,(H,21,22)(H,23,29)(H,24,30)(H,25,28)(H,31,32). The minimum atomic E-state index is -1.53. The van der Waals surface area contributed by atoms with E-state index in [0.29, 0.717) is 12.1 Å². The van der Waals surface area contributed by atoms with E-state index in [0.717, 1.165) is 0 Å². The summed E-state index contributed by atoms with van der Waals surface area (Å²) in [6.07, 6.45) is 2.16. The predicted octanol–water partition coefficient (Wildman–Crippen LogP) is -2.76. The van der Waals surface area contributed by atoms with Crippen LogP contribution in [-0.4, -0.2) is 85.9 Å². The van der Waals surface area contributed by atoms with Gasteiger partial charge < -0.3 is 42.0 Å². The fraction of sp³-hybridized carbons (Fsp3) is 0.632. The molecule has 0 aliphatic carbocycles. The molecule has 6 unspecified atom stereocenters. The van der Waals surface area contributed by atoms with Crippen molar-refractivity contribution in [2.24, 2.45) is 11.7 Å². The molecule has 0 saturated carbocycles. The average Bonchev–Trinajstić information content (AvgIpc) is 3.26. The van der Waals surface area contributed by atoms with Crippen LogP contribution in [0.4, 0.5) is 0 Å². The van der Waals surface area contributed by atoms with Gasteiger partial charge in [0.1, 0.15) is 24.2 Å². The van der Waals surface area contributed by atoms with Gasteiger partial charge in [-0.25, -0.2) is 9.78 Å². The van der Waals surface area contributed by atoms with Crippen molar-refractivity contribution < 1.29 is 34.5 Å². The Morgan fingerprint density at radius 2 is 1.72 bits per heavy atom. The molecule has 9 N–H and O–H groups in total. The fourth-order valence-electron chi connectivity index (χ4n) is 2.72. The van der Waals surface area contributed by atoms with Crippen LogP contribution >= 0.6 is 0 Å². The van der Waals surface area contributed by atoms with Crippen LogP contribution in [0.3, 0.4) is 0 Å². The van der Waals surface area contributed by atoms with Crippen molar-refractivity contribution >= 4 is 23.7 Å². The number of nitrogens with one attached hydrogen (secondary N) is 4. The van der Waals surface area contributed by atoms with Crippen molar-refractivity contribution in [1.82, 2.24) is 25.9 Å². The lowest BCUT2D eigenvalue weighted by Crippen LogP contribution is -2.60. The minimum Gasteiger partial charge on any atom is -0.480 e. The lowest BCUT2D eigenvalue weighted by atomic mass is 9.97. The molecular formula is C19H32N6O7. The number of carbonyl (C=O) groups is 4. The van der Waals surface area contributed by atoms with Crippen molar-refractivity contribution in [2.45, 2.75) is 63.9 Å². The summed E-state index contributed by atoms with van der Waals surface area (Å²) in [5, 5.41) is 35.0. The Labute approximate surface area is 185 Å². The Hall–Kier alpha value is -3.03. The van der Waals surface area contributed by atoms with Crippen LogP contribution < -0.4 is 21.7 Å². The fourth-order valence-corrected chi connectivity index (χ4v) is 2.72. The van der Waals surface area contributed by atoms with Gasteiger partial charge in [0.15, 0.2) is 0 Å². The highest BCUT2D eigenvalue weighted by Gasteiger charge is 2.33. The Kier molecular flexibility index (Phi) is 10.7. The normalized spacial score (nSPS) is 16.7. The van der Waals surface area contributed by atoms with E-state index >= 15 is 0 Å². The number of nitrogens with zero attached hydrogens (tertiary/aromatic N) is 1. The molecule has 0 radical (unpaired) electrons. The van der Waals surface area contributed by atoms with Gasteiger partial charge in [-0.3, -0.25) is 14.4 Å². The van der Waals surface area contributed by atoms with Crippen LogP contribution in [0.25, 0.3) is 0 Å². The molecule has 0 aliphatic heterocycles. The van der Waals surface area contributed by atoms with E-state index in [1.54, 1.807) is 13.8 Å². The second kappa shape index (κ2) is 12.7. The van der Waals surface area contributed by atoms with Gasteiger partial charge in [-0.15, -0.1) is 0 Å². The van der Waals surface area contributed by atoms with E-state index in [4.69, 9.17) is 15.9 Å². The first-order chi connectivity index (χ1) is 15.0. The molecule has 0 fully saturated rings. The first-order valence-corrected chi connectivity index (χ1v) is 10.2. The summed E-state index contributed by atoms with van der Waals surface area (Å²) in [5.41, 5.74) is 6.16. The zero-order valence-electron chi connectivity index (χ0n) is 18.2. The zero-order chi connectivity index (χ0) is 24.4. The number of imidazole rings is 1. The highest BCUT2D eigenvalue weighted by molar-refractivity contribution is 5.94. The summed E-state index contributed by atoms with van der Waals surface area (Å²) in [6.45, 7) is 3.98. The van der Waals surface area contributed by atoms with E-state index in [1.165, 1.54) is 19.4 Å². The molecule has 13 nitrogen and oxygen atoms in total. The number of aliphatic hydroxyl groups is 2. The highest BCUT2D eigenvalue weighted by Crippen LogP contribution is 2.10. The third-order valence-electron chi connectivity index (χ3n) is 5.02. The molecule has 0 bridgehead atoms. The number of nitrogens with two attached hydrogens (primary N) is 1. The third kappa shape index (κ3) is 7.90. The van der Waals surface area contributed by atoms with Crippen molar-refractivity contribution in [3.05, 3.63) is 18.2 Å². The average molecular weight is 457 g/mol. The molecular weight excluding hydrogens is 424 g/mol. The van der Waals surface area contributed by atoms with Crippen LogP contribution in [0.5, 0.6) is 0 Å². The topological polar surface area (TPSA) is 220 Å². The molecule has 0 spiro atoms. The number of hydrogen-bond acceptors (Lipinski definition) is 8. The largest absolute Gasteiger partial charge is 0.480 e. The number of aliphatic carboxylic acids is 1. The third-order valence-corrected chi connectivity index (χ3v) is 5.02. The smallest absolute Gasteiger partial charge is 0.328 e. The van der Waals surface area contributed by atoms with Crippen LogP contribution in [0.1, 0.15) is 32.9 Å². The van der Waals surface area contributed by atoms with Gasteiger partial charge in [-0.05, 0) is 12.8 Å². The summed E-state index contributed by atoms with van der Waals surface area (Å²) >= 11 is 0. The van der Waals surface area contributed by atoms with E-state index in [-0.39, 0.29) is 6.42 Å². The van der Waals surface area contributed by atoms with E-state index in [1.807, 2.05) is 0 Å². The van der Waals surface area contributed by atoms with Crippen LogP contribution in [0, 0.1) is 5.92 Å². The van der Waals surface area contributed by atoms with E-state index in [2.05, 4.69) is 25.9 Å². The Balaban J connectivity index is 3.06. The van der Waals surface area contributed by atoms with Gasteiger partial charge in [0.25, 0.3) is 0 Å². The van der Waals surface area contributed by atoms with Gasteiger partial charge in [0.2, 0.25) is 17.7 Å². The minimum absolute atomic E-state index is 0.00661. The maximum Gasteiger partial charge on any atom is 0.328 e. The lowest BCUT2D eigenvalue weighted by molar-refractivity contribution is -0.143. The van der Waals surface area contributed by atoms with Gasteiger partial charge in [-0.2, -0.15) is 0 Å². The Morgan fingerprint density at radius 3 is 2.19 bits per heavy atom. The molecule has 1 heterocycles. The first-order valence-electron chi connectivity index (χ1n) is 10.2. The number of H-pyrrole nitrogens is 1. The molecule has 1 aromatic heterocycles. The molecule has 0 aliphatic rings. The van der Waals surface area contributed by atoms with Crippen molar-refractivity contribution in [3.63, 3.8) is 0 Å². The summed E-state index contributed by atoms with van der Waals surface area (Å²) in [7, 11) is 0. The van der Waals surface area contributed by atoms with Crippen LogP contribution in [0.2, 0.25) is 0 Å². The molecule has 3 amide bonds. The molecule has 180 valence electrons. The summed E-state index contributed by atoms with van der Waals surface area (Å²) in [4.78, 5) is 55.8. The van der Waals surface area contributed by atoms with E-state index in [9.17, 15) is 24.3 Å². The monoisotopic (exact) mass is 456 g/mol. The molecule has 13 heteroatoms. The molecule has 0 saturated heterocycles. The zero-order valence-corrected chi connectivity index (χ0v) is 18.2. The number of carboxylic acid groups (broad SMARTS) is 1. The van der Waals surface area contributed by atoms with E-state index < -0.39 is 66.5 Å². The number of rotatable bonds is 13. The number of aliphatic hydroxyl groups excluding tert-OH is 2. The van der Waals surface area contributed by atoms with Crippen LogP contribution in [0.15, 0.2) is 12.5 Å². The molecule has 1 aromatic rings. The van der Waals surface area contributed by atoms with Crippen molar-refractivity contribution in [1.29, 1.82) is 0 Å². The molecule has 0 aromatic carbocycles. The number of aromatic nitrogens is 2. The van der Waals surface area contributed by atoms with Gasteiger partial charge in [0.05, 0.1) is 19.0 Å². The lowest BCUT2D eigenvalue weighted by Gasteiger charge is -2.28. The van der Waals surface area contributed by atoms with Crippen molar-refractivity contribution in [3.8, 4) is 0 Å². The predicted molar refractivity (Wildman–Crippen MR) is 112 cm³/mol. The van der Waals surface area contributed by atoms with Crippen molar-refractivity contribution in [2.75, 3.05) is 6.61 Å². The van der Waals surface area contributed by atoms with Gasteiger partial charge in [0, 0.05) is 18.3 Å². The molecule has 32 heavy (non-hydrogen) atoms. The molecule has 6 atom stereocenters. The summed E-state index contributed by atoms with van der Waals surface area (Å²) in [6, 6.07) is -5.11. The highest BCUT2D eigenvalue weighted by atomic mass is 16.4. The maximum atomic E-state index is 13.0. The van der Waals surface area contributed by atoms with Gasteiger partial charge >= 0.3 is 5.97 Å². The Morgan fingerprint density at radius 1 is 1.09 bits per heavy atom. The Bertz CT molecular complexity index is 770. The van der Waals surface area contributed by atoms with Gasteiger partial charge in [-0.1, -0.05) is 20.3 Å². The SMILES string of the molecule is CCC(C)C(NC(=O)C(Cc1cnc[nH]1)NC(=O)C(N)C(C)O)C(=O)NC(CO)C(=O)O. The number of hydrogen-bond donors (Lipinski definition) is 8. The number of aromatic amines is 1. The van der Waals surface area contributed by atoms with Crippen LogP contribution in [-0.2, 0) is 25.6 Å². The first kappa shape index (κ1) is 27.0. The second-order valence-electron chi connectivity index (χ2n) is 7.56. The number of carboxylic acids is 1. The summed E-state index contributed by atoms with van der Waals surface area (Å²) < 4.78 is 0. The quantitative estimate of drug-likeness (QED) is 0.154. The molecule has 1 rings (SSSR count). The maximum absolute atomic E-state index is 13.0. The number of amides is 3.